The first-order valence-corrected chi connectivity index (χ1v) is 7.14. The number of carbonyl (C=O) groups excluding carboxylic acids is 1. The normalized spacial score (nSPS) is 12.2. The summed E-state index contributed by atoms with van der Waals surface area (Å²) in [6, 6.07) is 1.44. The fourth-order valence-corrected chi connectivity index (χ4v) is 2.24. The van der Waals surface area contributed by atoms with Crippen LogP contribution in [0, 0.1) is 0 Å². The third kappa shape index (κ3) is 3.07. The highest BCUT2D eigenvalue weighted by Gasteiger charge is 2.16. The van der Waals surface area contributed by atoms with Crippen LogP contribution < -0.4 is 10.9 Å². The molecule has 3 aromatic heterocycles. The van der Waals surface area contributed by atoms with Crippen LogP contribution in [0.5, 0.6) is 0 Å². The summed E-state index contributed by atoms with van der Waals surface area (Å²) in [6.45, 7) is 1.90. The third-order valence-corrected chi connectivity index (χ3v) is 3.37. The molecule has 1 unspecified atom stereocenters. The number of hydrogen-bond donors (Lipinski definition) is 2. The van der Waals surface area contributed by atoms with Crippen LogP contribution in [0.3, 0.4) is 0 Å². The number of aromatic amines is 1. The van der Waals surface area contributed by atoms with Crippen molar-refractivity contribution in [2.75, 3.05) is 0 Å². The summed E-state index contributed by atoms with van der Waals surface area (Å²) in [5.74, 6) is 0.305. The van der Waals surface area contributed by atoms with Gasteiger partial charge in [-0.2, -0.15) is 5.10 Å². The second kappa shape index (κ2) is 6.34. The van der Waals surface area contributed by atoms with Gasteiger partial charge in [0, 0.05) is 12.4 Å². The summed E-state index contributed by atoms with van der Waals surface area (Å²) in [5, 5.41) is 7.25. The molecular formula is C14H15N7O2. The number of amides is 1. The molecule has 1 amide bonds. The minimum absolute atomic E-state index is 0.0384. The highest BCUT2D eigenvalue weighted by atomic mass is 16.2. The molecule has 0 aliphatic rings. The maximum Gasteiger partial charge on any atom is 0.261 e. The van der Waals surface area contributed by atoms with E-state index in [1.165, 1.54) is 17.2 Å². The van der Waals surface area contributed by atoms with Crippen LogP contribution in [0.25, 0.3) is 11.0 Å². The summed E-state index contributed by atoms with van der Waals surface area (Å²) in [7, 11) is 0. The van der Waals surface area contributed by atoms with Gasteiger partial charge in [-0.15, -0.1) is 0 Å². The van der Waals surface area contributed by atoms with Gasteiger partial charge in [0.25, 0.3) is 5.56 Å². The van der Waals surface area contributed by atoms with E-state index in [1.807, 2.05) is 6.92 Å². The van der Waals surface area contributed by atoms with Gasteiger partial charge in [0.15, 0.2) is 5.65 Å². The Hall–Kier alpha value is -3.10. The molecule has 118 valence electrons. The van der Waals surface area contributed by atoms with Gasteiger partial charge in [0.05, 0.1) is 18.6 Å². The standard InChI is InChI=1S/C14H15N7O2/c1-2-10(12-15-4-3-5-16-12)20-11(22)7-21-13-9(6-19-21)14(23)18-8-17-13/h3-6,8,10H,2,7H2,1H3,(H,20,22)(H,17,18,23). The van der Waals surface area contributed by atoms with Crippen molar-refractivity contribution >= 4 is 16.9 Å². The first-order chi connectivity index (χ1) is 11.2. The topological polar surface area (TPSA) is 118 Å². The van der Waals surface area contributed by atoms with E-state index >= 15 is 0 Å². The zero-order valence-corrected chi connectivity index (χ0v) is 12.4. The van der Waals surface area contributed by atoms with Gasteiger partial charge in [0.2, 0.25) is 5.91 Å². The predicted octanol–water partition coefficient (Wildman–Crippen LogP) is 0.177. The van der Waals surface area contributed by atoms with E-state index in [9.17, 15) is 9.59 Å². The summed E-state index contributed by atoms with van der Waals surface area (Å²) in [5.41, 5.74) is 0.0821. The van der Waals surface area contributed by atoms with Gasteiger partial charge in [0.1, 0.15) is 17.8 Å². The second-order valence-corrected chi connectivity index (χ2v) is 4.91. The van der Waals surface area contributed by atoms with Crippen LogP contribution in [-0.2, 0) is 11.3 Å². The van der Waals surface area contributed by atoms with Gasteiger partial charge in [-0.1, -0.05) is 6.92 Å². The molecule has 0 aromatic carbocycles. The van der Waals surface area contributed by atoms with Crippen LogP contribution in [0.1, 0.15) is 25.2 Å². The molecule has 0 aliphatic heterocycles. The average Bonchev–Trinajstić information content (AvgIpc) is 2.98. The Labute approximate surface area is 130 Å². The van der Waals surface area contributed by atoms with E-state index in [-0.39, 0.29) is 24.1 Å². The Morgan fingerprint density at radius 1 is 1.35 bits per heavy atom. The summed E-state index contributed by atoms with van der Waals surface area (Å²) >= 11 is 0. The molecule has 0 radical (unpaired) electrons. The summed E-state index contributed by atoms with van der Waals surface area (Å²) < 4.78 is 1.39. The Bertz CT molecular complexity index is 871. The van der Waals surface area contributed by atoms with Crippen molar-refractivity contribution < 1.29 is 4.79 Å². The van der Waals surface area contributed by atoms with Crippen molar-refractivity contribution in [1.29, 1.82) is 0 Å². The highest BCUT2D eigenvalue weighted by Crippen LogP contribution is 2.11. The number of aromatic nitrogens is 6. The number of fused-ring (bicyclic) bond motifs is 1. The molecule has 23 heavy (non-hydrogen) atoms. The molecule has 2 N–H and O–H groups in total. The number of nitrogens with zero attached hydrogens (tertiary/aromatic N) is 5. The maximum absolute atomic E-state index is 12.2. The molecule has 9 nitrogen and oxygen atoms in total. The lowest BCUT2D eigenvalue weighted by Gasteiger charge is -2.15. The molecule has 9 heteroatoms. The third-order valence-electron chi connectivity index (χ3n) is 3.37. The van der Waals surface area contributed by atoms with E-state index < -0.39 is 0 Å². The van der Waals surface area contributed by atoms with Crippen molar-refractivity contribution in [3.8, 4) is 0 Å². The van der Waals surface area contributed by atoms with E-state index in [4.69, 9.17) is 0 Å². The first-order valence-electron chi connectivity index (χ1n) is 7.14. The number of H-pyrrole nitrogens is 1. The molecule has 3 aromatic rings. The summed E-state index contributed by atoms with van der Waals surface area (Å²) in [6.07, 6.45) is 6.61. The predicted molar refractivity (Wildman–Crippen MR) is 81.4 cm³/mol. The monoisotopic (exact) mass is 313 g/mol. The number of carbonyl (C=O) groups is 1. The summed E-state index contributed by atoms with van der Waals surface area (Å²) in [4.78, 5) is 38.7. The fourth-order valence-electron chi connectivity index (χ4n) is 2.24. The van der Waals surface area contributed by atoms with Crippen LogP contribution in [0.4, 0.5) is 0 Å². The fraction of sp³-hybridized carbons (Fsp3) is 0.286. The number of rotatable bonds is 5. The number of nitrogens with one attached hydrogen (secondary N) is 2. The van der Waals surface area contributed by atoms with E-state index in [1.54, 1.807) is 18.5 Å². The average molecular weight is 313 g/mol. The van der Waals surface area contributed by atoms with E-state index in [0.717, 1.165) is 0 Å². The molecule has 3 rings (SSSR count). The van der Waals surface area contributed by atoms with E-state index in [0.29, 0.717) is 23.3 Å². The van der Waals surface area contributed by atoms with Crippen LogP contribution >= 0.6 is 0 Å². The van der Waals surface area contributed by atoms with Gasteiger partial charge in [-0.05, 0) is 12.5 Å². The Kier molecular flexibility index (Phi) is 4.09. The van der Waals surface area contributed by atoms with Crippen molar-refractivity contribution in [2.24, 2.45) is 0 Å². The lowest BCUT2D eigenvalue weighted by molar-refractivity contribution is -0.122. The number of hydrogen-bond acceptors (Lipinski definition) is 6. The van der Waals surface area contributed by atoms with Gasteiger partial charge < -0.3 is 10.3 Å². The molecule has 0 bridgehead atoms. The lowest BCUT2D eigenvalue weighted by atomic mass is 10.2. The minimum Gasteiger partial charge on any atom is -0.344 e. The maximum atomic E-state index is 12.2. The molecule has 1 atom stereocenters. The van der Waals surface area contributed by atoms with Crippen LogP contribution in [0.15, 0.2) is 35.8 Å². The Morgan fingerprint density at radius 2 is 2.13 bits per heavy atom. The smallest absolute Gasteiger partial charge is 0.261 e. The largest absolute Gasteiger partial charge is 0.344 e. The molecular weight excluding hydrogens is 298 g/mol. The Morgan fingerprint density at radius 3 is 2.87 bits per heavy atom. The quantitative estimate of drug-likeness (QED) is 0.693. The molecule has 0 saturated carbocycles. The molecule has 3 heterocycles. The molecule has 0 fully saturated rings. The van der Waals surface area contributed by atoms with Crippen LogP contribution in [-0.4, -0.2) is 35.6 Å². The van der Waals surface area contributed by atoms with Crippen molar-refractivity contribution in [2.45, 2.75) is 25.9 Å². The molecule has 0 spiro atoms. The van der Waals surface area contributed by atoms with Crippen molar-refractivity contribution in [3.05, 3.63) is 47.2 Å². The van der Waals surface area contributed by atoms with Crippen molar-refractivity contribution in [3.63, 3.8) is 0 Å². The van der Waals surface area contributed by atoms with Gasteiger partial charge >= 0.3 is 0 Å². The SMILES string of the molecule is CCC(NC(=O)Cn1ncc2c(=O)[nH]cnc21)c1ncccn1. The van der Waals surface area contributed by atoms with Gasteiger partial charge in [-0.25, -0.2) is 19.6 Å². The minimum atomic E-state index is -0.286. The van der Waals surface area contributed by atoms with Gasteiger partial charge in [-0.3, -0.25) is 9.59 Å². The van der Waals surface area contributed by atoms with E-state index in [2.05, 4.69) is 30.4 Å². The van der Waals surface area contributed by atoms with Crippen LogP contribution in [0.2, 0.25) is 0 Å². The zero-order valence-electron chi connectivity index (χ0n) is 12.4. The molecule has 0 saturated heterocycles. The first kappa shape index (κ1) is 14.8. The Balaban J connectivity index is 1.76. The second-order valence-electron chi connectivity index (χ2n) is 4.91. The lowest BCUT2D eigenvalue weighted by Crippen LogP contribution is -2.32. The highest BCUT2D eigenvalue weighted by molar-refractivity contribution is 5.79. The van der Waals surface area contributed by atoms with Crippen molar-refractivity contribution in [1.82, 2.24) is 35.0 Å². The zero-order chi connectivity index (χ0) is 16.2. The molecule has 0 aliphatic carbocycles.